The van der Waals surface area contributed by atoms with E-state index in [4.69, 9.17) is 0 Å². The SMILES string of the molecule is CC[C@H]1c2cccn2-c2sc3c(c2CN1C(=O)Nc1cccc(Br)c1)CCCC3. The van der Waals surface area contributed by atoms with E-state index in [1.807, 2.05) is 40.5 Å². The van der Waals surface area contributed by atoms with Crippen molar-refractivity contribution < 1.29 is 4.79 Å². The van der Waals surface area contributed by atoms with Crippen LogP contribution in [0.25, 0.3) is 5.00 Å². The molecule has 0 bridgehead atoms. The molecule has 29 heavy (non-hydrogen) atoms. The van der Waals surface area contributed by atoms with E-state index in [0.29, 0.717) is 6.54 Å². The summed E-state index contributed by atoms with van der Waals surface area (Å²) < 4.78 is 3.29. The lowest BCUT2D eigenvalue weighted by atomic mass is 9.95. The van der Waals surface area contributed by atoms with E-state index in [-0.39, 0.29) is 12.1 Å². The molecule has 0 saturated carbocycles. The summed E-state index contributed by atoms with van der Waals surface area (Å²) in [6.07, 6.45) is 7.87. The summed E-state index contributed by atoms with van der Waals surface area (Å²) in [6, 6.07) is 12.1. The number of nitrogens with zero attached hydrogens (tertiary/aromatic N) is 2. The molecule has 150 valence electrons. The third-order valence-electron chi connectivity index (χ3n) is 6.03. The van der Waals surface area contributed by atoms with E-state index in [1.54, 1.807) is 0 Å². The Morgan fingerprint density at radius 3 is 2.90 bits per heavy atom. The van der Waals surface area contributed by atoms with Gasteiger partial charge >= 0.3 is 6.03 Å². The van der Waals surface area contributed by atoms with Crippen molar-refractivity contribution in [3.8, 4) is 5.00 Å². The third-order valence-corrected chi connectivity index (χ3v) is 7.85. The molecule has 0 unspecified atom stereocenters. The smallest absolute Gasteiger partial charge is 0.312 e. The van der Waals surface area contributed by atoms with Gasteiger partial charge in [-0.15, -0.1) is 11.3 Å². The Kier molecular flexibility index (Phi) is 5.00. The number of urea groups is 1. The maximum absolute atomic E-state index is 13.4. The van der Waals surface area contributed by atoms with Crippen LogP contribution in [0.15, 0.2) is 47.1 Å². The third kappa shape index (κ3) is 3.32. The fourth-order valence-electron chi connectivity index (χ4n) is 4.67. The van der Waals surface area contributed by atoms with Crippen molar-refractivity contribution in [3.63, 3.8) is 0 Å². The topological polar surface area (TPSA) is 37.3 Å². The Morgan fingerprint density at radius 1 is 1.21 bits per heavy atom. The number of carbonyl (C=O) groups is 1. The van der Waals surface area contributed by atoms with Gasteiger partial charge in [0.25, 0.3) is 0 Å². The first kappa shape index (κ1) is 18.9. The van der Waals surface area contributed by atoms with Crippen molar-refractivity contribution >= 4 is 39.0 Å². The van der Waals surface area contributed by atoms with E-state index < -0.39 is 0 Å². The van der Waals surface area contributed by atoms with Crippen molar-refractivity contribution in [2.24, 2.45) is 0 Å². The second kappa shape index (κ2) is 7.65. The van der Waals surface area contributed by atoms with Gasteiger partial charge in [-0.25, -0.2) is 4.79 Å². The monoisotopic (exact) mass is 469 g/mol. The molecule has 3 heterocycles. The molecule has 2 aliphatic rings. The summed E-state index contributed by atoms with van der Waals surface area (Å²) in [4.78, 5) is 17.0. The highest BCUT2D eigenvalue weighted by molar-refractivity contribution is 9.10. The standard InChI is InChI=1S/C23H24BrN3OS/c1-2-19-20-10-6-12-26(20)22-18(17-9-3-4-11-21(17)29-22)14-27(19)23(28)25-16-8-5-7-15(24)13-16/h5-8,10,12-13,19H,2-4,9,11,14H2,1H3,(H,25,28)/t19-/m0/s1. The number of rotatable bonds is 2. The van der Waals surface area contributed by atoms with Crippen molar-refractivity contribution in [2.45, 2.75) is 51.6 Å². The van der Waals surface area contributed by atoms with Gasteiger partial charge in [-0.2, -0.15) is 0 Å². The van der Waals surface area contributed by atoms with Crippen LogP contribution in [0, 0.1) is 0 Å². The number of aromatic nitrogens is 1. The van der Waals surface area contributed by atoms with Crippen molar-refractivity contribution in [1.29, 1.82) is 0 Å². The number of carbonyl (C=O) groups excluding carboxylic acids is 1. The summed E-state index contributed by atoms with van der Waals surface area (Å²) in [5, 5.41) is 4.43. The number of hydrogen-bond donors (Lipinski definition) is 1. The van der Waals surface area contributed by atoms with Gasteiger partial charge in [0.15, 0.2) is 0 Å². The van der Waals surface area contributed by atoms with Gasteiger partial charge in [0.1, 0.15) is 5.00 Å². The molecule has 1 aliphatic carbocycles. The normalized spacial score (nSPS) is 17.9. The Balaban J connectivity index is 1.57. The number of halogens is 1. The zero-order chi connectivity index (χ0) is 20.0. The lowest BCUT2D eigenvalue weighted by molar-refractivity contribution is 0.181. The fourth-order valence-corrected chi connectivity index (χ4v) is 6.47. The summed E-state index contributed by atoms with van der Waals surface area (Å²) in [7, 11) is 0. The summed E-state index contributed by atoms with van der Waals surface area (Å²) >= 11 is 5.42. The van der Waals surface area contributed by atoms with Crippen LogP contribution >= 0.6 is 27.3 Å². The highest BCUT2D eigenvalue weighted by atomic mass is 79.9. The number of anilines is 1. The minimum Gasteiger partial charge on any atom is -0.312 e. The van der Waals surface area contributed by atoms with E-state index >= 15 is 0 Å². The second-order valence-corrected chi connectivity index (χ2v) is 9.79. The summed E-state index contributed by atoms with van der Waals surface area (Å²) in [5.41, 5.74) is 4.86. The average Bonchev–Trinajstić information content (AvgIpc) is 3.30. The number of fused-ring (bicyclic) bond motifs is 5. The largest absolute Gasteiger partial charge is 0.322 e. The predicted octanol–water partition coefficient (Wildman–Crippen LogP) is 6.68. The first-order valence-electron chi connectivity index (χ1n) is 10.3. The molecule has 4 nitrogen and oxygen atoms in total. The van der Waals surface area contributed by atoms with Gasteiger partial charge in [0, 0.05) is 32.5 Å². The Morgan fingerprint density at radius 2 is 2.07 bits per heavy atom. The molecule has 6 heteroatoms. The van der Waals surface area contributed by atoms with Crippen molar-refractivity contribution in [2.75, 3.05) is 5.32 Å². The van der Waals surface area contributed by atoms with Crippen LogP contribution in [0.1, 0.15) is 53.9 Å². The number of benzene rings is 1. The van der Waals surface area contributed by atoms with Gasteiger partial charge in [0.2, 0.25) is 0 Å². The first-order chi connectivity index (χ1) is 14.2. The highest BCUT2D eigenvalue weighted by Crippen LogP contribution is 2.43. The number of hydrogen-bond acceptors (Lipinski definition) is 2. The van der Waals surface area contributed by atoms with Gasteiger partial charge in [0.05, 0.1) is 12.6 Å². The maximum atomic E-state index is 13.4. The second-order valence-electron chi connectivity index (χ2n) is 7.79. The van der Waals surface area contributed by atoms with Gasteiger partial charge in [-0.05, 0) is 68.0 Å². The molecule has 0 radical (unpaired) electrons. The van der Waals surface area contributed by atoms with Crippen LogP contribution in [0.5, 0.6) is 0 Å². The molecule has 0 spiro atoms. The lowest BCUT2D eigenvalue weighted by Gasteiger charge is -2.30. The van der Waals surface area contributed by atoms with Gasteiger partial charge in [-0.1, -0.05) is 28.9 Å². The Hall–Kier alpha value is -2.05. The molecule has 1 aromatic carbocycles. The minimum atomic E-state index is -0.0358. The number of thiophene rings is 1. The number of amides is 2. The van der Waals surface area contributed by atoms with Gasteiger partial charge < -0.3 is 14.8 Å². The average molecular weight is 470 g/mol. The number of aryl methyl sites for hydroxylation is 1. The van der Waals surface area contributed by atoms with E-state index in [9.17, 15) is 4.79 Å². The summed E-state index contributed by atoms with van der Waals surface area (Å²) in [6.45, 7) is 2.83. The van der Waals surface area contributed by atoms with Crippen molar-refractivity contribution in [3.05, 3.63) is 68.8 Å². The molecule has 3 aromatic rings. The zero-order valence-electron chi connectivity index (χ0n) is 16.5. The summed E-state index contributed by atoms with van der Waals surface area (Å²) in [5.74, 6) is 0. The molecule has 1 atom stereocenters. The van der Waals surface area contributed by atoms with Crippen LogP contribution in [0.4, 0.5) is 10.5 Å². The quantitative estimate of drug-likeness (QED) is 0.446. The molecule has 0 saturated heterocycles. The lowest BCUT2D eigenvalue weighted by Crippen LogP contribution is -2.37. The molecule has 2 amide bonds. The van der Waals surface area contributed by atoms with Crippen LogP contribution in [-0.4, -0.2) is 15.5 Å². The maximum Gasteiger partial charge on any atom is 0.322 e. The molecule has 2 aromatic heterocycles. The van der Waals surface area contributed by atoms with Crippen molar-refractivity contribution in [1.82, 2.24) is 9.47 Å². The fraction of sp³-hybridized carbons (Fsp3) is 0.348. The minimum absolute atomic E-state index is 0.0358. The van der Waals surface area contributed by atoms with E-state index in [2.05, 4.69) is 51.1 Å². The molecular formula is C23H24BrN3OS. The molecule has 5 rings (SSSR count). The van der Waals surface area contributed by atoms with E-state index in [0.717, 1.165) is 23.0 Å². The Labute approximate surface area is 183 Å². The highest BCUT2D eigenvalue weighted by Gasteiger charge is 2.34. The van der Waals surface area contributed by atoms with Crippen LogP contribution in [-0.2, 0) is 19.4 Å². The first-order valence-corrected chi connectivity index (χ1v) is 11.9. The number of nitrogens with one attached hydrogen (secondary N) is 1. The molecule has 1 N–H and O–H groups in total. The molecule has 0 fully saturated rings. The van der Waals surface area contributed by atoms with Gasteiger partial charge in [-0.3, -0.25) is 0 Å². The zero-order valence-corrected chi connectivity index (χ0v) is 18.9. The molecular weight excluding hydrogens is 446 g/mol. The van der Waals surface area contributed by atoms with Crippen LogP contribution in [0.3, 0.4) is 0 Å². The van der Waals surface area contributed by atoms with Crippen LogP contribution < -0.4 is 5.32 Å². The predicted molar refractivity (Wildman–Crippen MR) is 122 cm³/mol. The Bertz CT molecular complexity index is 1070. The van der Waals surface area contributed by atoms with E-state index in [1.165, 1.54) is 46.0 Å². The molecule has 1 aliphatic heterocycles. The van der Waals surface area contributed by atoms with Crippen LogP contribution in [0.2, 0.25) is 0 Å².